The van der Waals surface area contributed by atoms with Crippen LogP contribution in [0, 0.1) is 5.92 Å². The van der Waals surface area contributed by atoms with Crippen LogP contribution in [0.4, 0.5) is 5.69 Å². The van der Waals surface area contributed by atoms with E-state index in [9.17, 15) is 4.79 Å². The zero-order valence-electron chi connectivity index (χ0n) is 17.5. The molecule has 0 aliphatic carbocycles. The zero-order chi connectivity index (χ0) is 20.1. The first kappa shape index (κ1) is 20.0. The monoisotopic (exact) mass is 392 g/mol. The molecule has 4 nitrogen and oxygen atoms in total. The number of anilines is 1. The van der Waals surface area contributed by atoms with Crippen LogP contribution >= 0.6 is 0 Å². The molecule has 4 heteroatoms. The number of fused-ring (bicyclic) bond motifs is 1. The summed E-state index contributed by atoms with van der Waals surface area (Å²) in [5.41, 5.74) is 3.70. The number of nitrogens with zero attached hydrogens (tertiary/aromatic N) is 2. The fourth-order valence-corrected chi connectivity index (χ4v) is 4.54. The van der Waals surface area contributed by atoms with Crippen LogP contribution in [-0.2, 0) is 17.6 Å². The molecule has 1 saturated heterocycles. The van der Waals surface area contributed by atoms with Crippen molar-refractivity contribution < 1.29 is 9.53 Å². The van der Waals surface area contributed by atoms with Gasteiger partial charge in [-0.15, -0.1) is 0 Å². The normalized spacial score (nSPS) is 18.0. The molecule has 29 heavy (non-hydrogen) atoms. The van der Waals surface area contributed by atoms with Gasteiger partial charge in [-0.25, -0.2) is 0 Å². The Labute approximate surface area is 174 Å². The van der Waals surface area contributed by atoms with Crippen LogP contribution in [0.1, 0.15) is 36.8 Å². The second-order valence-electron chi connectivity index (χ2n) is 8.42. The first-order valence-electron chi connectivity index (χ1n) is 11.0. The molecule has 1 amide bonds. The molecule has 2 aromatic rings. The lowest BCUT2D eigenvalue weighted by Crippen LogP contribution is -2.35. The van der Waals surface area contributed by atoms with Crippen molar-refractivity contribution in [2.75, 3.05) is 38.2 Å². The number of carbonyl (C=O) groups excluding carboxylic acids is 1. The van der Waals surface area contributed by atoms with Gasteiger partial charge in [0.2, 0.25) is 5.91 Å². The topological polar surface area (TPSA) is 32.8 Å². The van der Waals surface area contributed by atoms with Crippen molar-refractivity contribution in [2.24, 2.45) is 5.92 Å². The predicted molar refractivity (Wildman–Crippen MR) is 118 cm³/mol. The van der Waals surface area contributed by atoms with E-state index in [2.05, 4.69) is 41.3 Å². The molecule has 0 spiro atoms. The number of rotatable bonds is 7. The maximum Gasteiger partial charge on any atom is 0.227 e. The summed E-state index contributed by atoms with van der Waals surface area (Å²) < 4.78 is 5.98. The van der Waals surface area contributed by atoms with E-state index < -0.39 is 0 Å². The van der Waals surface area contributed by atoms with E-state index in [1.807, 2.05) is 19.2 Å². The van der Waals surface area contributed by atoms with E-state index in [0.29, 0.717) is 6.42 Å². The summed E-state index contributed by atoms with van der Waals surface area (Å²) in [6.45, 7) is 4.22. The smallest absolute Gasteiger partial charge is 0.227 e. The third-order valence-corrected chi connectivity index (χ3v) is 6.36. The highest BCUT2D eigenvalue weighted by molar-refractivity contribution is 5.96. The molecule has 0 saturated carbocycles. The van der Waals surface area contributed by atoms with E-state index in [4.69, 9.17) is 4.74 Å². The molecular formula is C25H32N2O2. The van der Waals surface area contributed by atoms with Crippen molar-refractivity contribution in [1.29, 1.82) is 0 Å². The van der Waals surface area contributed by atoms with Gasteiger partial charge in [-0.3, -0.25) is 4.79 Å². The SMILES string of the molecule is CN1C(=O)CCc2ccc(OCCCN3CCC(Cc4ccccc4)CC3)cc21. The lowest BCUT2D eigenvalue weighted by atomic mass is 9.90. The molecule has 2 aromatic carbocycles. The fourth-order valence-electron chi connectivity index (χ4n) is 4.54. The number of benzene rings is 2. The molecule has 0 unspecified atom stereocenters. The minimum Gasteiger partial charge on any atom is -0.493 e. The van der Waals surface area contributed by atoms with Crippen LogP contribution in [-0.4, -0.2) is 44.1 Å². The quantitative estimate of drug-likeness (QED) is 0.658. The van der Waals surface area contributed by atoms with Crippen molar-refractivity contribution in [3.05, 3.63) is 59.7 Å². The van der Waals surface area contributed by atoms with E-state index in [1.165, 1.54) is 43.5 Å². The van der Waals surface area contributed by atoms with Crippen molar-refractivity contribution in [3.8, 4) is 5.75 Å². The Hall–Kier alpha value is -2.33. The second-order valence-corrected chi connectivity index (χ2v) is 8.42. The highest BCUT2D eigenvalue weighted by Crippen LogP contribution is 2.30. The summed E-state index contributed by atoms with van der Waals surface area (Å²) in [6, 6.07) is 17.0. The number of ether oxygens (including phenoxy) is 1. The number of hydrogen-bond donors (Lipinski definition) is 0. The van der Waals surface area contributed by atoms with Crippen molar-refractivity contribution in [2.45, 2.75) is 38.5 Å². The number of hydrogen-bond acceptors (Lipinski definition) is 3. The van der Waals surface area contributed by atoms with Crippen molar-refractivity contribution in [3.63, 3.8) is 0 Å². The number of likely N-dealkylation sites (tertiary alicyclic amines) is 1. The highest BCUT2D eigenvalue weighted by Gasteiger charge is 2.21. The Morgan fingerprint density at radius 2 is 1.83 bits per heavy atom. The largest absolute Gasteiger partial charge is 0.493 e. The van der Waals surface area contributed by atoms with E-state index in [0.717, 1.165) is 43.3 Å². The Balaban J connectivity index is 1.17. The van der Waals surface area contributed by atoms with Gasteiger partial charge >= 0.3 is 0 Å². The second kappa shape index (κ2) is 9.45. The molecule has 0 bridgehead atoms. The van der Waals surface area contributed by atoms with E-state index >= 15 is 0 Å². The van der Waals surface area contributed by atoms with Gasteiger partial charge in [-0.2, -0.15) is 0 Å². The van der Waals surface area contributed by atoms with Crippen LogP contribution in [0.2, 0.25) is 0 Å². The summed E-state index contributed by atoms with van der Waals surface area (Å²) in [7, 11) is 1.85. The van der Waals surface area contributed by atoms with Gasteiger partial charge in [0.05, 0.1) is 12.3 Å². The fraction of sp³-hybridized carbons (Fsp3) is 0.480. The molecule has 0 aromatic heterocycles. The summed E-state index contributed by atoms with van der Waals surface area (Å²) in [6.07, 6.45) is 6.27. The summed E-state index contributed by atoms with van der Waals surface area (Å²) >= 11 is 0. The Bertz CT molecular complexity index is 813. The Kier molecular flexibility index (Phi) is 6.50. The molecule has 0 atom stereocenters. The molecule has 2 aliphatic rings. The van der Waals surface area contributed by atoms with Gasteiger partial charge in [-0.05, 0) is 68.3 Å². The zero-order valence-corrected chi connectivity index (χ0v) is 17.5. The van der Waals surface area contributed by atoms with Crippen LogP contribution in [0.25, 0.3) is 0 Å². The Morgan fingerprint density at radius 3 is 2.62 bits per heavy atom. The Morgan fingerprint density at radius 1 is 1.03 bits per heavy atom. The summed E-state index contributed by atoms with van der Waals surface area (Å²) in [4.78, 5) is 16.2. The molecular weight excluding hydrogens is 360 g/mol. The van der Waals surface area contributed by atoms with Crippen molar-refractivity contribution >= 4 is 11.6 Å². The van der Waals surface area contributed by atoms with Gasteiger partial charge in [0.15, 0.2) is 0 Å². The molecule has 0 radical (unpaired) electrons. The third kappa shape index (κ3) is 5.18. The molecule has 2 aliphatic heterocycles. The molecule has 1 fully saturated rings. The first-order chi connectivity index (χ1) is 14.2. The highest BCUT2D eigenvalue weighted by atomic mass is 16.5. The average Bonchev–Trinajstić information content (AvgIpc) is 2.76. The molecule has 0 N–H and O–H groups in total. The van der Waals surface area contributed by atoms with Gasteiger partial charge in [0.25, 0.3) is 0 Å². The molecule has 4 rings (SSSR count). The third-order valence-electron chi connectivity index (χ3n) is 6.36. The molecule has 2 heterocycles. The number of amides is 1. The summed E-state index contributed by atoms with van der Waals surface area (Å²) in [5, 5.41) is 0. The minimum atomic E-state index is 0.185. The number of aryl methyl sites for hydroxylation is 1. The minimum absolute atomic E-state index is 0.185. The number of carbonyl (C=O) groups is 1. The van der Waals surface area contributed by atoms with Gasteiger partial charge in [0, 0.05) is 26.1 Å². The van der Waals surface area contributed by atoms with Gasteiger partial charge in [-0.1, -0.05) is 36.4 Å². The van der Waals surface area contributed by atoms with Crippen LogP contribution in [0.3, 0.4) is 0 Å². The maximum atomic E-state index is 11.9. The number of piperidine rings is 1. The van der Waals surface area contributed by atoms with Crippen LogP contribution < -0.4 is 9.64 Å². The van der Waals surface area contributed by atoms with E-state index in [-0.39, 0.29) is 5.91 Å². The average molecular weight is 393 g/mol. The summed E-state index contributed by atoms with van der Waals surface area (Å²) in [5.74, 6) is 1.87. The lowest BCUT2D eigenvalue weighted by Gasteiger charge is -2.32. The van der Waals surface area contributed by atoms with Gasteiger partial charge in [0.1, 0.15) is 5.75 Å². The maximum absolute atomic E-state index is 11.9. The van der Waals surface area contributed by atoms with Crippen molar-refractivity contribution in [1.82, 2.24) is 4.90 Å². The molecule has 154 valence electrons. The van der Waals surface area contributed by atoms with E-state index in [1.54, 1.807) is 4.90 Å². The van der Waals surface area contributed by atoms with Gasteiger partial charge < -0.3 is 14.5 Å². The van der Waals surface area contributed by atoms with Crippen LogP contribution in [0.15, 0.2) is 48.5 Å². The standard InChI is InChI=1S/C25H32N2O2/c1-26-24-19-23(10-8-22(24)9-11-25(26)28)29-17-5-14-27-15-12-21(13-16-27)18-20-6-3-2-4-7-20/h2-4,6-8,10,19,21H,5,9,11-18H2,1H3. The first-order valence-corrected chi connectivity index (χ1v) is 11.0. The van der Waals surface area contributed by atoms with Crippen LogP contribution in [0.5, 0.6) is 5.75 Å². The lowest BCUT2D eigenvalue weighted by molar-refractivity contribution is -0.118. The predicted octanol–water partition coefficient (Wildman–Crippen LogP) is 4.32.